The predicted octanol–water partition coefficient (Wildman–Crippen LogP) is 1.29. The average Bonchev–Trinajstić information content (AvgIpc) is 2.73. The fraction of sp³-hybridized carbons (Fsp3) is 1.00. The molecule has 0 heterocycles. The summed E-state index contributed by atoms with van der Waals surface area (Å²) in [7, 11) is 1.69. The van der Waals surface area contributed by atoms with Crippen LogP contribution in [0.4, 0.5) is 0 Å². The molecule has 0 bridgehead atoms. The van der Waals surface area contributed by atoms with Crippen LogP contribution in [0.3, 0.4) is 0 Å². The maximum absolute atomic E-state index is 5.34. The van der Waals surface area contributed by atoms with Gasteiger partial charge in [0, 0.05) is 13.7 Å². The molecule has 1 saturated carbocycles. The first-order chi connectivity index (χ1) is 6.67. The number of ether oxygens (including phenoxy) is 2. The van der Waals surface area contributed by atoms with Crippen LogP contribution < -0.4 is 5.32 Å². The zero-order valence-corrected chi connectivity index (χ0v) is 9.64. The van der Waals surface area contributed by atoms with Crippen molar-refractivity contribution < 1.29 is 9.47 Å². The summed E-state index contributed by atoms with van der Waals surface area (Å²) in [6.45, 7) is 8.93. The van der Waals surface area contributed by atoms with Gasteiger partial charge in [0.25, 0.3) is 0 Å². The molecule has 0 aromatic carbocycles. The second-order valence-electron chi connectivity index (χ2n) is 4.70. The molecular formula is C11H23NO2. The highest BCUT2D eigenvalue weighted by molar-refractivity contribution is 4.95. The lowest BCUT2D eigenvalue weighted by molar-refractivity contribution is 0.0719. The van der Waals surface area contributed by atoms with Crippen molar-refractivity contribution in [1.29, 1.82) is 0 Å². The van der Waals surface area contributed by atoms with Gasteiger partial charge in [-0.05, 0) is 24.3 Å². The summed E-state index contributed by atoms with van der Waals surface area (Å²) in [5.41, 5.74) is 0.587. The van der Waals surface area contributed by atoms with Crippen molar-refractivity contribution >= 4 is 0 Å². The van der Waals surface area contributed by atoms with E-state index in [2.05, 4.69) is 19.2 Å². The Labute approximate surface area is 87.2 Å². The Morgan fingerprint density at radius 1 is 1.29 bits per heavy atom. The fourth-order valence-electron chi connectivity index (χ4n) is 1.59. The number of methoxy groups -OCH3 is 1. The Balaban J connectivity index is 1.77. The lowest BCUT2D eigenvalue weighted by Gasteiger charge is -2.06. The van der Waals surface area contributed by atoms with E-state index in [0.29, 0.717) is 18.6 Å². The molecule has 0 radical (unpaired) electrons. The maximum Gasteiger partial charge on any atom is 0.0700 e. The standard InChI is InChI=1S/C11H23NO2/c1-11(2)8-10(11)9-12-4-5-14-7-6-13-3/h10,12H,4-9H2,1-3H3. The average molecular weight is 201 g/mol. The zero-order chi connectivity index (χ0) is 10.4. The second kappa shape index (κ2) is 5.69. The fourth-order valence-corrected chi connectivity index (χ4v) is 1.59. The number of hydrogen-bond donors (Lipinski definition) is 1. The zero-order valence-electron chi connectivity index (χ0n) is 9.64. The smallest absolute Gasteiger partial charge is 0.0700 e. The van der Waals surface area contributed by atoms with Crippen molar-refractivity contribution in [3.05, 3.63) is 0 Å². The first-order valence-electron chi connectivity index (χ1n) is 5.44. The molecule has 1 rings (SSSR count). The van der Waals surface area contributed by atoms with E-state index in [9.17, 15) is 0 Å². The normalized spacial score (nSPS) is 23.8. The van der Waals surface area contributed by atoms with Crippen molar-refractivity contribution in [2.75, 3.05) is 40.0 Å². The molecule has 1 unspecified atom stereocenters. The third-order valence-electron chi connectivity index (χ3n) is 2.96. The molecular weight excluding hydrogens is 178 g/mol. The van der Waals surface area contributed by atoms with Crippen LogP contribution in [0.1, 0.15) is 20.3 Å². The lowest BCUT2D eigenvalue weighted by atomic mass is 10.1. The summed E-state index contributed by atoms with van der Waals surface area (Å²) in [5, 5.41) is 3.41. The van der Waals surface area contributed by atoms with Gasteiger partial charge in [-0.25, -0.2) is 0 Å². The summed E-state index contributed by atoms with van der Waals surface area (Å²) in [5.74, 6) is 0.876. The molecule has 1 atom stereocenters. The molecule has 1 N–H and O–H groups in total. The first-order valence-corrected chi connectivity index (χ1v) is 5.44. The van der Waals surface area contributed by atoms with Crippen LogP contribution in [0.2, 0.25) is 0 Å². The van der Waals surface area contributed by atoms with Crippen LogP contribution in [-0.4, -0.2) is 40.0 Å². The van der Waals surface area contributed by atoms with Crippen LogP contribution >= 0.6 is 0 Å². The summed E-state index contributed by atoms with van der Waals surface area (Å²) in [4.78, 5) is 0. The Bertz CT molecular complexity index is 159. The lowest BCUT2D eigenvalue weighted by Crippen LogP contribution is -2.23. The van der Waals surface area contributed by atoms with Gasteiger partial charge < -0.3 is 14.8 Å². The minimum atomic E-state index is 0.587. The molecule has 0 spiro atoms. The van der Waals surface area contributed by atoms with E-state index in [1.807, 2.05) is 0 Å². The first kappa shape index (κ1) is 12.0. The molecule has 1 fully saturated rings. The van der Waals surface area contributed by atoms with Crippen molar-refractivity contribution in [2.24, 2.45) is 11.3 Å². The van der Waals surface area contributed by atoms with E-state index in [0.717, 1.165) is 25.6 Å². The van der Waals surface area contributed by atoms with Crippen LogP contribution in [0.5, 0.6) is 0 Å². The third kappa shape index (κ3) is 4.40. The van der Waals surface area contributed by atoms with Gasteiger partial charge in [-0.3, -0.25) is 0 Å². The van der Waals surface area contributed by atoms with Gasteiger partial charge in [0.1, 0.15) is 0 Å². The Morgan fingerprint density at radius 3 is 2.57 bits per heavy atom. The number of hydrogen-bond acceptors (Lipinski definition) is 3. The van der Waals surface area contributed by atoms with E-state index in [4.69, 9.17) is 9.47 Å². The van der Waals surface area contributed by atoms with E-state index in [-0.39, 0.29) is 0 Å². The molecule has 0 aliphatic heterocycles. The van der Waals surface area contributed by atoms with Gasteiger partial charge in [-0.1, -0.05) is 13.8 Å². The molecule has 0 amide bonds. The topological polar surface area (TPSA) is 30.5 Å². The Morgan fingerprint density at radius 2 is 2.00 bits per heavy atom. The van der Waals surface area contributed by atoms with E-state index in [1.165, 1.54) is 6.42 Å². The molecule has 0 aromatic rings. The van der Waals surface area contributed by atoms with Gasteiger partial charge >= 0.3 is 0 Å². The largest absolute Gasteiger partial charge is 0.382 e. The van der Waals surface area contributed by atoms with E-state index >= 15 is 0 Å². The monoisotopic (exact) mass is 201 g/mol. The Hall–Kier alpha value is -0.120. The highest BCUT2D eigenvalue weighted by atomic mass is 16.5. The molecule has 0 saturated heterocycles. The van der Waals surface area contributed by atoms with E-state index < -0.39 is 0 Å². The molecule has 14 heavy (non-hydrogen) atoms. The van der Waals surface area contributed by atoms with Crippen LogP contribution in [0.15, 0.2) is 0 Å². The molecule has 1 aliphatic rings. The van der Waals surface area contributed by atoms with Crippen molar-refractivity contribution in [2.45, 2.75) is 20.3 Å². The maximum atomic E-state index is 5.34. The second-order valence-corrected chi connectivity index (χ2v) is 4.70. The Kier molecular flexibility index (Phi) is 4.85. The van der Waals surface area contributed by atoms with Crippen molar-refractivity contribution in [3.8, 4) is 0 Å². The predicted molar refractivity (Wildman–Crippen MR) is 57.5 cm³/mol. The quantitative estimate of drug-likeness (QED) is 0.600. The van der Waals surface area contributed by atoms with E-state index in [1.54, 1.807) is 7.11 Å². The van der Waals surface area contributed by atoms with Crippen molar-refractivity contribution in [1.82, 2.24) is 5.32 Å². The van der Waals surface area contributed by atoms with Gasteiger partial charge in [0.15, 0.2) is 0 Å². The number of rotatable bonds is 8. The molecule has 84 valence electrons. The molecule has 0 aromatic heterocycles. The van der Waals surface area contributed by atoms with Crippen LogP contribution in [0.25, 0.3) is 0 Å². The van der Waals surface area contributed by atoms with Gasteiger partial charge in [0.2, 0.25) is 0 Å². The van der Waals surface area contributed by atoms with Crippen LogP contribution in [-0.2, 0) is 9.47 Å². The molecule has 1 aliphatic carbocycles. The molecule has 3 nitrogen and oxygen atoms in total. The summed E-state index contributed by atoms with van der Waals surface area (Å²) < 4.78 is 10.2. The minimum Gasteiger partial charge on any atom is -0.382 e. The SMILES string of the molecule is COCCOCCNCC1CC1(C)C. The van der Waals surface area contributed by atoms with Crippen molar-refractivity contribution in [3.63, 3.8) is 0 Å². The van der Waals surface area contributed by atoms with Gasteiger partial charge in [-0.2, -0.15) is 0 Å². The highest BCUT2D eigenvalue weighted by Gasteiger charge is 2.44. The minimum absolute atomic E-state index is 0.587. The summed E-state index contributed by atoms with van der Waals surface area (Å²) in [6, 6.07) is 0. The van der Waals surface area contributed by atoms with Crippen LogP contribution in [0, 0.1) is 11.3 Å². The summed E-state index contributed by atoms with van der Waals surface area (Å²) >= 11 is 0. The highest BCUT2D eigenvalue weighted by Crippen LogP contribution is 2.50. The molecule has 3 heteroatoms. The third-order valence-corrected chi connectivity index (χ3v) is 2.96. The van der Waals surface area contributed by atoms with Gasteiger partial charge in [-0.15, -0.1) is 0 Å². The summed E-state index contributed by atoms with van der Waals surface area (Å²) in [6.07, 6.45) is 1.37. The van der Waals surface area contributed by atoms with Gasteiger partial charge in [0.05, 0.1) is 19.8 Å². The number of nitrogens with one attached hydrogen (secondary N) is 1.